The number of nitrogens with one attached hydrogen (secondary N) is 2. The third kappa shape index (κ3) is 6.26. The Morgan fingerprint density at radius 1 is 1.05 bits per heavy atom. The quantitative estimate of drug-likeness (QED) is 0.319. The van der Waals surface area contributed by atoms with E-state index in [1.807, 2.05) is 45.0 Å². The highest BCUT2D eigenvalue weighted by Gasteiger charge is 2.25. The van der Waals surface area contributed by atoms with Gasteiger partial charge in [-0.2, -0.15) is 0 Å². The molecule has 1 aliphatic rings. The first-order chi connectivity index (χ1) is 18.2. The second-order valence-corrected chi connectivity index (χ2v) is 11.0. The summed E-state index contributed by atoms with van der Waals surface area (Å²) in [6.07, 6.45) is 1.33. The number of carbonyl (C=O) groups excluding carboxylic acids is 1. The number of anilines is 1. The first kappa shape index (κ1) is 26.0. The van der Waals surface area contributed by atoms with Crippen LogP contribution in [0.5, 0.6) is 0 Å². The second-order valence-electron chi connectivity index (χ2n) is 10.6. The monoisotopic (exact) mass is 532 g/mol. The van der Waals surface area contributed by atoms with Crippen LogP contribution >= 0.6 is 11.6 Å². The van der Waals surface area contributed by atoms with Crippen molar-refractivity contribution >= 4 is 34.5 Å². The highest BCUT2D eigenvalue weighted by molar-refractivity contribution is 6.31. The maximum absolute atomic E-state index is 12.3. The van der Waals surface area contributed by atoms with Gasteiger partial charge in [-0.25, -0.2) is 14.8 Å². The number of halogens is 1. The van der Waals surface area contributed by atoms with Crippen LogP contribution in [0.1, 0.15) is 31.9 Å². The standard InChI is InChI=1S/C29H33ClN6O2/c1-29(2,3)38-28(37)36-14-12-35(13-15-36)18-20-8-10-21(11-9-20)25-16-23-26(32-19-33-27(23)34-25)31-17-22-6-4-5-7-24(22)30/h4-11,16,19H,12-15,17-18H2,1-3H3,(H2,31,32,33,34). The molecular weight excluding hydrogens is 500 g/mol. The van der Waals surface area contributed by atoms with Gasteiger partial charge in [0.1, 0.15) is 23.4 Å². The minimum absolute atomic E-state index is 0.230. The van der Waals surface area contributed by atoms with Crippen LogP contribution in [-0.2, 0) is 17.8 Å². The fraction of sp³-hybridized carbons (Fsp3) is 0.345. The molecule has 0 bridgehead atoms. The molecule has 1 amide bonds. The molecule has 8 nitrogen and oxygen atoms in total. The number of piperazine rings is 1. The summed E-state index contributed by atoms with van der Waals surface area (Å²) in [4.78, 5) is 28.8. The number of nitrogens with zero attached hydrogens (tertiary/aromatic N) is 4. The molecule has 1 fully saturated rings. The van der Waals surface area contributed by atoms with E-state index in [-0.39, 0.29) is 6.09 Å². The Balaban J connectivity index is 1.21. The summed E-state index contributed by atoms with van der Waals surface area (Å²) in [7, 11) is 0. The van der Waals surface area contributed by atoms with E-state index >= 15 is 0 Å². The fourth-order valence-electron chi connectivity index (χ4n) is 4.52. The lowest BCUT2D eigenvalue weighted by atomic mass is 10.1. The van der Waals surface area contributed by atoms with Crippen molar-refractivity contribution < 1.29 is 9.53 Å². The van der Waals surface area contributed by atoms with Crippen LogP contribution in [0.2, 0.25) is 5.02 Å². The van der Waals surface area contributed by atoms with Crippen LogP contribution in [0.4, 0.5) is 10.6 Å². The zero-order valence-electron chi connectivity index (χ0n) is 22.0. The van der Waals surface area contributed by atoms with Crippen molar-refractivity contribution in [2.45, 2.75) is 39.5 Å². The normalized spacial score (nSPS) is 14.6. The fourth-order valence-corrected chi connectivity index (χ4v) is 4.72. The molecule has 0 spiro atoms. The van der Waals surface area contributed by atoms with E-state index in [2.05, 4.69) is 55.5 Å². The van der Waals surface area contributed by atoms with Gasteiger partial charge in [-0.1, -0.05) is 54.1 Å². The number of benzene rings is 2. The topological polar surface area (TPSA) is 86.4 Å². The van der Waals surface area contributed by atoms with Crippen LogP contribution in [-0.4, -0.2) is 62.6 Å². The number of aromatic nitrogens is 3. The van der Waals surface area contributed by atoms with Gasteiger partial charge < -0.3 is 19.9 Å². The SMILES string of the molecule is CC(C)(C)OC(=O)N1CCN(Cc2ccc(-c3cc4c(NCc5ccccc5Cl)ncnc4[nH]3)cc2)CC1. The lowest BCUT2D eigenvalue weighted by Gasteiger charge is -2.35. The Kier molecular flexibility index (Phi) is 7.53. The number of ether oxygens (including phenoxy) is 1. The van der Waals surface area contributed by atoms with Crippen LogP contribution in [0.15, 0.2) is 60.9 Å². The molecule has 2 aromatic carbocycles. The molecule has 1 aliphatic heterocycles. The van der Waals surface area contributed by atoms with E-state index in [0.29, 0.717) is 19.6 Å². The number of fused-ring (bicyclic) bond motifs is 1. The van der Waals surface area contributed by atoms with Crippen molar-refractivity contribution in [1.82, 2.24) is 24.8 Å². The Labute approximate surface area is 228 Å². The van der Waals surface area contributed by atoms with E-state index in [1.54, 1.807) is 11.2 Å². The summed E-state index contributed by atoms with van der Waals surface area (Å²) in [5.41, 5.74) is 4.62. The van der Waals surface area contributed by atoms with Gasteiger partial charge in [-0.15, -0.1) is 0 Å². The molecule has 0 atom stereocenters. The van der Waals surface area contributed by atoms with Crippen molar-refractivity contribution in [3.05, 3.63) is 77.1 Å². The molecule has 2 aromatic heterocycles. The molecule has 4 aromatic rings. The van der Waals surface area contributed by atoms with Gasteiger partial charge in [-0.05, 0) is 49.6 Å². The third-order valence-corrected chi connectivity index (χ3v) is 6.89. The predicted molar refractivity (Wildman–Crippen MR) is 151 cm³/mol. The second kappa shape index (κ2) is 11.0. The van der Waals surface area contributed by atoms with Gasteiger partial charge in [0.2, 0.25) is 0 Å². The van der Waals surface area contributed by atoms with Gasteiger partial charge in [0, 0.05) is 50.0 Å². The van der Waals surface area contributed by atoms with Gasteiger partial charge in [0.15, 0.2) is 0 Å². The van der Waals surface area contributed by atoms with Gasteiger partial charge in [0.25, 0.3) is 0 Å². The molecule has 0 radical (unpaired) electrons. The van der Waals surface area contributed by atoms with Crippen molar-refractivity contribution in [2.75, 3.05) is 31.5 Å². The number of rotatable bonds is 6. The summed E-state index contributed by atoms with van der Waals surface area (Å²) in [6.45, 7) is 10.1. The minimum atomic E-state index is -0.470. The molecule has 9 heteroatoms. The van der Waals surface area contributed by atoms with Crippen LogP contribution in [0.25, 0.3) is 22.3 Å². The van der Waals surface area contributed by atoms with E-state index in [9.17, 15) is 4.79 Å². The predicted octanol–water partition coefficient (Wildman–Crippen LogP) is 5.94. The van der Waals surface area contributed by atoms with E-state index < -0.39 is 5.60 Å². The van der Waals surface area contributed by atoms with Crippen molar-refractivity contribution in [2.24, 2.45) is 0 Å². The summed E-state index contributed by atoms with van der Waals surface area (Å²) >= 11 is 6.30. The largest absolute Gasteiger partial charge is 0.444 e. The van der Waals surface area contributed by atoms with E-state index in [1.165, 1.54) is 5.56 Å². The molecule has 198 valence electrons. The molecule has 3 heterocycles. The molecule has 5 rings (SSSR count). The highest BCUT2D eigenvalue weighted by Crippen LogP contribution is 2.28. The first-order valence-corrected chi connectivity index (χ1v) is 13.2. The maximum Gasteiger partial charge on any atom is 0.410 e. The van der Waals surface area contributed by atoms with Crippen molar-refractivity contribution in [3.63, 3.8) is 0 Å². The Morgan fingerprint density at radius 3 is 2.50 bits per heavy atom. The number of hydrogen-bond donors (Lipinski definition) is 2. The molecule has 2 N–H and O–H groups in total. The average Bonchev–Trinajstić information content (AvgIpc) is 3.33. The van der Waals surface area contributed by atoms with Crippen molar-refractivity contribution in [3.8, 4) is 11.3 Å². The Morgan fingerprint density at radius 2 is 1.79 bits per heavy atom. The van der Waals surface area contributed by atoms with E-state index in [4.69, 9.17) is 16.3 Å². The smallest absolute Gasteiger partial charge is 0.410 e. The number of carbonyl (C=O) groups is 1. The lowest BCUT2D eigenvalue weighted by molar-refractivity contribution is 0.0139. The minimum Gasteiger partial charge on any atom is -0.444 e. The summed E-state index contributed by atoms with van der Waals surface area (Å²) < 4.78 is 5.50. The van der Waals surface area contributed by atoms with Crippen molar-refractivity contribution in [1.29, 1.82) is 0 Å². The third-order valence-electron chi connectivity index (χ3n) is 6.52. The van der Waals surface area contributed by atoms with Gasteiger partial charge in [0.05, 0.1) is 5.39 Å². The van der Waals surface area contributed by atoms with Crippen LogP contribution < -0.4 is 5.32 Å². The molecular formula is C29H33ClN6O2. The number of H-pyrrole nitrogens is 1. The zero-order valence-corrected chi connectivity index (χ0v) is 22.8. The number of hydrogen-bond acceptors (Lipinski definition) is 6. The van der Waals surface area contributed by atoms with Crippen LogP contribution in [0.3, 0.4) is 0 Å². The summed E-state index contributed by atoms with van der Waals surface area (Å²) in [6, 6.07) is 18.4. The van der Waals surface area contributed by atoms with E-state index in [0.717, 1.165) is 58.3 Å². The highest BCUT2D eigenvalue weighted by atomic mass is 35.5. The number of amides is 1. The average molecular weight is 533 g/mol. The van der Waals surface area contributed by atoms with Crippen LogP contribution in [0, 0.1) is 0 Å². The number of aromatic amines is 1. The molecule has 0 aliphatic carbocycles. The Hall–Kier alpha value is -3.62. The Bertz CT molecular complexity index is 1400. The molecule has 1 saturated heterocycles. The zero-order chi connectivity index (χ0) is 26.7. The maximum atomic E-state index is 12.3. The molecule has 0 unspecified atom stereocenters. The van der Waals surface area contributed by atoms with Gasteiger partial charge >= 0.3 is 6.09 Å². The summed E-state index contributed by atoms with van der Waals surface area (Å²) in [5.74, 6) is 0.763. The molecule has 38 heavy (non-hydrogen) atoms. The lowest BCUT2D eigenvalue weighted by Crippen LogP contribution is -2.49. The van der Waals surface area contributed by atoms with Gasteiger partial charge in [-0.3, -0.25) is 4.90 Å². The molecule has 0 saturated carbocycles. The first-order valence-electron chi connectivity index (χ1n) is 12.9. The summed E-state index contributed by atoms with van der Waals surface area (Å²) in [5, 5.41) is 5.05.